The van der Waals surface area contributed by atoms with Crippen LogP contribution in [0.15, 0.2) is 48.5 Å². The lowest BCUT2D eigenvalue weighted by atomic mass is 9.98. The average Bonchev–Trinajstić information content (AvgIpc) is 2.82. The summed E-state index contributed by atoms with van der Waals surface area (Å²) in [5.41, 5.74) is 10.8. The third-order valence-corrected chi connectivity index (χ3v) is 4.05. The van der Waals surface area contributed by atoms with Crippen molar-refractivity contribution >= 4 is 11.0 Å². The van der Waals surface area contributed by atoms with Crippen LogP contribution in [0.3, 0.4) is 0 Å². The maximum Gasteiger partial charge on any atom is 0.114 e. The average molecular weight is 279 g/mol. The van der Waals surface area contributed by atoms with Crippen molar-refractivity contribution in [3.8, 4) is 0 Å². The number of rotatable bonds is 4. The van der Waals surface area contributed by atoms with Crippen LogP contribution in [0.4, 0.5) is 0 Å². The van der Waals surface area contributed by atoms with Gasteiger partial charge < -0.3 is 10.3 Å². The van der Waals surface area contributed by atoms with Crippen molar-refractivity contribution < 1.29 is 0 Å². The quantitative estimate of drug-likeness (QED) is 0.797. The smallest absolute Gasteiger partial charge is 0.114 e. The fourth-order valence-corrected chi connectivity index (χ4v) is 2.87. The van der Waals surface area contributed by atoms with Crippen molar-refractivity contribution in [3.05, 3.63) is 65.5 Å². The zero-order valence-corrected chi connectivity index (χ0v) is 12.6. The minimum absolute atomic E-state index is 0.241. The van der Waals surface area contributed by atoms with E-state index in [2.05, 4.69) is 61.0 Å². The maximum atomic E-state index is 6.02. The van der Waals surface area contributed by atoms with Crippen molar-refractivity contribution in [1.82, 2.24) is 9.55 Å². The molecule has 3 heteroatoms. The Morgan fingerprint density at radius 2 is 1.90 bits per heavy atom. The van der Waals surface area contributed by atoms with Crippen molar-refractivity contribution in [2.75, 3.05) is 6.54 Å². The Kier molecular flexibility index (Phi) is 3.76. The molecule has 3 rings (SSSR count). The van der Waals surface area contributed by atoms with Gasteiger partial charge in [-0.25, -0.2) is 4.98 Å². The molecule has 3 nitrogen and oxygen atoms in total. The van der Waals surface area contributed by atoms with Crippen LogP contribution < -0.4 is 5.73 Å². The van der Waals surface area contributed by atoms with E-state index < -0.39 is 0 Å². The van der Waals surface area contributed by atoms with Gasteiger partial charge in [-0.15, -0.1) is 0 Å². The summed E-state index contributed by atoms with van der Waals surface area (Å²) < 4.78 is 2.18. The van der Waals surface area contributed by atoms with Gasteiger partial charge in [-0.05, 0) is 36.6 Å². The first-order valence-corrected chi connectivity index (χ1v) is 7.36. The predicted molar refractivity (Wildman–Crippen MR) is 87.4 cm³/mol. The molecule has 1 heterocycles. The molecular formula is C18H21N3. The van der Waals surface area contributed by atoms with Crippen molar-refractivity contribution in [3.63, 3.8) is 0 Å². The molecule has 0 aliphatic rings. The van der Waals surface area contributed by atoms with Crippen LogP contribution in [0, 0.1) is 6.92 Å². The summed E-state index contributed by atoms with van der Waals surface area (Å²) >= 11 is 0. The van der Waals surface area contributed by atoms with Gasteiger partial charge in [-0.2, -0.15) is 0 Å². The molecule has 3 aromatic rings. The standard InChI is InChI=1S/C18H21N3/c1-13-8-9-17-16(10-13)20-18(21(17)2)15(12-19)11-14-6-4-3-5-7-14/h3-10,15H,11-12,19H2,1-2H3. The topological polar surface area (TPSA) is 43.8 Å². The molecule has 0 spiro atoms. The number of fused-ring (bicyclic) bond motifs is 1. The molecule has 0 amide bonds. The Balaban J connectivity index is 1.99. The fraction of sp³-hybridized carbons (Fsp3) is 0.278. The predicted octanol–water partition coefficient (Wildman–Crippen LogP) is 3.17. The van der Waals surface area contributed by atoms with Crippen LogP contribution in [0.1, 0.15) is 22.9 Å². The zero-order valence-electron chi connectivity index (χ0n) is 12.6. The van der Waals surface area contributed by atoms with E-state index in [-0.39, 0.29) is 5.92 Å². The van der Waals surface area contributed by atoms with E-state index in [0.29, 0.717) is 6.54 Å². The van der Waals surface area contributed by atoms with Crippen molar-refractivity contribution in [2.24, 2.45) is 12.8 Å². The van der Waals surface area contributed by atoms with E-state index in [4.69, 9.17) is 10.7 Å². The molecule has 108 valence electrons. The highest BCUT2D eigenvalue weighted by molar-refractivity contribution is 5.76. The number of nitrogens with zero attached hydrogens (tertiary/aromatic N) is 2. The Bertz CT molecular complexity index is 744. The number of benzene rings is 2. The first kappa shape index (κ1) is 13.8. The van der Waals surface area contributed by atoms with Crippen molar-refractivity contribution in [2.45, 2.75) is 19.3 Å². The molecule has 21 heavy (non-hydrogen) atoms. The van der Waals surface area contributed by atoms with Crippen molar-refractivity contribution in [1.29, 1.82) is 0 Å². The number of hydrogen-bond donors (Lipinski definition) is 1. The highest BCUT2D eigenvalue weighted by atomic mass is 15.1. The van der Waals surface area contributed by atoms with E-state index in [1.54, 1.807) is 0 Å². The fourth-order valence-electron chi connectivity index (χ4n) is 2.87. The normalized spacial score (nSPS) is 12.7. The highest BCUT2D eigenvalue weighted by Crippen LogP contribution is 2.24. The van der Waals surface area contributed by atoms with Crippen LogP contribution in [0.2, 0.25) is 0 Å². The molecular weight excluding hydrogens is 258 g/mol. The lowest BCUT2D eigenvalue weighted by Gasteiger charge is -2.14. The van der Waals surface area contributed by atoms with E-state index >= 15 is 0 Å². The van der Waals surface area contributed by atoms with E-state index in [1.807, 2.05) is 6.07 Å². The lowest BCUT2D eigenvalue weighted by molar-refractivity contribution is 0.623. The summed E-state index contributed by atoms with van der Waals surface area (Å²) in [6, 6.07) is 16.9. The number of aromatic nitrogens is 2. The lowest BCUT2D eigenvalue weighted by Crippen LogP contribution is -2.18. The molecule has 0 radical (unpaired) electrons. The Labute approximate surface area is 125 Å². The van der Waals surface area contributed by atoms with Crippen LogP contribution >= 0.6 is 0 Å². The van der Waals surface area contributed by atoms with Gasteiger partial charge in [-0.3, -0.25) is 0 Å². The summed E-state index contributed by atoms with van der Waals surface area (Å²) in [5, 5.41) is 0. The summed E-state index contributed by atoms with van der Waals surface area (Å²) in [6.45, 7) is 2.70. The molecule has 1 unspecified atom stereocenters. The SMILES string of the molecule is Cc1ccc2c(c1)nc(C(CN)Cc1ccccc1)n2C. The third kappa shape index (κ3) is 2.69. The van der Waals surface area contributed by atoms with Crippen LogP contribution in [-0.4, -0.2) is 16.1 Å². The molecule has 1 aromatic heterocycles. The Hall–Kier alpha value is -2.13. The van der Waals surface area contributed by atoms with Gasteiger partial charge in [0, 0.05) is 19.5 Å². The largest absolute Gasteiger partial charge is 0.331 e. The van der Waals surface area contributed by atoms with Gasteiger partial charge in [-0.1, -0.05) is 36.4 Å². The van der Waals surface area contributed by atoms with Gasteiger partial charge in [0.15, 0.2) is 0 Å². The second kappa shape index (κ2) is 5.70. The zero-order chi connectivity index (χ0) is 14.8. The number of hydrogen-bond acceptors (Lipinski definition) is 2. The summed E-state index contributed by atoms with van der Waals surface area (Å²) in [6.07, 6.45) is 0.924. The Morgan fingerprint density at radius 3 is 2.62 bits per heavy atom. The van der Waals surface area contributed by atoms with Crippen LogP contribution in [0.25, 0.3) is 11.0 Å². The first-order chi connectivity index (χ1) is 10.2. The summed E-state index contributed by atoms with van der Waals surface area (Å²) in [5.74, 6) is 1.31. The molecule has 0 saturated heterocycles. The van der Waals surface area contributed by atoms with E-state index in [1.165, 1.54) is 16.6 Å². The number of imidazole rings is 1. The van der Waals surface area contributed by atoms with Crippen LogP contribution in [-0.2, 0) is 13.5 Å². The molecule has 2 N–H and O–H groups in total. The van der Waals surface area contributed by atoms with E-state index in [0.717, 1.165) is 17.8 Å². The number of aryl methyl sites for hydroxylation is 2. The molecule has 0 aliphatic carbocycles. The molecule has 2 aromatic carbocycles. The summed E-state index contributed by atoms with van der Waals surface area (Å²) in [4.78, 5) is 4.82. The third-order valence-electron chi connectivity index (χ3n) is 4.05. The molecule has 0 fully saturated rings. The Morgan fingerprint density at radius 1 is 1.14 bits per heavy atom. The molecule has 1 atom stereocenters. The van der Waals surface area contributed by atoms with Gasteiger partial charge in [0.25, 0.3) is 0 Å². The van der Waals surface area contributed by atoms with Crippen LogP contribution in [0.5, 0.6) is 0 Å². The molecule has 0 aliphatic heterocycles. The second-order valence-corrected chi connectivity index (χ2v) is 5.64. The minimum Gasteiger partial charge on any atom is -0.331 e. The van der Waals surface area contributed by atoms with Gasteiger partial charge in [0.1, 0.15) is 5.82 Å². The maximum absolute atomic E-state index is 6.02. The molecule has 0 saturated carbocycles. The number of nitrogens with two attached hydrogens (primary N) is 1. The van der Waals surface area contributed by atoms with Gasteiger partial charge in [0.2, 0.25) is 0 Å². The first-order valence-electron chi connectivity index (χ1n) is 7.36. The highest BCUT2D eigenvalue weighted by Gasteiger charge is 2.18. The molecule has 0 bridgehead atoms. The monoisotopic (exact) mass is 279 g/mol. The van der Waals surface area contributed by atoms with Gasteiger partial charge >= 0.3 is 0 Å². The van der Waals surface area contributed by atoms with E-state index in [9.17, 15) is 0 Å². The summed E-state index contributed by atoms with van der Waals surface area (Å²) in [7, 11) is 2.08. The van der Waals surface area contributed by atoms with Gasteiger partial charge in [0.05, 0.1) is 11.0 Å². The minimum atomic E-state index is 0.241. The second-order valence-electron chi connectivity index (χ2n) is 5.64.